The summed E-state index contributed by atoms with van der Waals surface area (Å²) in [6.45, 7) is 7.32. The van der Waals surface area contributed by atoms with Gasteiger partial charge in [-0.05, 0) is 13.8 Å². The summed E-state index contributed by atoms with van der Waals surface area (Å²) in [6.07, 6.45) is 1.54. The quantitative estimate of drug-likeness (QED) is 0.205. The molecule has 0 saturated heterocycles. The summed E-state index contributed by atoms with van der Waals surface area (Å²) in [6, 6.07) is 0. The normalized spacial score (nSPS) is 10.7. The molecule has 0 aliphatic heterocycles. The molecule has 0 atom stereocenters. The van der Waals surface area contributed by atoms with Crippen molar-refractivity contribution in [2.45, 2.75) is 13.8 Å². The summed E-state index contributed by atoms with van der Waals surface area (Å²) in [4.78, 5) is 15.6. The van der Waals surface area contributed by atoms with Crippen molar-refractivity contribution in [2.24, 2.45) is 5.16 Å². The Kier molecular flexibility index (Phi) is 5.69. The van der Waals surface area contributed by atoms with Crippen LogP contribution in [0.3, 0.4) is 0 Å². The van der Waals surface area contributed by atoms with E-state index in [9.17, 15) is 4.79 Å². The monoisotopic (exact) mass is 171 g/mol. The molecule has 4 nitrogen and oxygen atoms in total. The number of oxime groups is 1. The molecule has 0 heterocycles. The second-order valence-electron chi connectivity index (χ2n) is 1.98. The Morgan fingerprint density at radius 2 is 2.33 bits per heavy atom. The molecule has 0 radical (unpaired) electrons. The summed E-state index contributed by atoms with van der Waals surface area (Å²) in [5.41, 5.74) is 0.207. The van der Waals surface area contributed by atoms with Crippen LogP contribution in [0.25, 0.3) is 0 Å². The Morgan fingerprint density at radius 1 is 1.67 bits per heavy atom. The first kappa shape index (κ1) is 10.7. The van der Waals surface area contributed by atoms with E-state index in [1.165, 1.54) is 6.92 Å². The highest BCUT2D eigenvalue weighted by molar-refractivity contribution is 6.35. The Balaban J connectivity index is 3.81. The Labute approximate surface area is 71.8 Å². The predicted octanol–water partition coefficient (Wildman–Crippen LogP) is 1.13. The van der Waals surface area contributed by atoms with Crippen LogP contribution in [-0.4, -0.2) is 24.9 Å². The fraction of sp³-hybridized carbons (Fsp3) is 0.500. The molecule has 0 fully saturated rings. The van der Waals surface area contributed by atoms with Gasteiger partial charge in [0.25, 0.3) is 0 Å². The van der Waals surface area contributed by atoms with Crippen LogP contribution in [-0.2, 0) is 14.4 Å². The molecule has 0 saturated carbocycles. The third-order valence-corrected chi connectivity index (χ3v) is 0.965. The average Bonchev–Trinajstić information content (AvgIpc) is 2.05. The van der Waals surface area contributed by atoms with Crippen molar-refractivity contribution in [3.05, 3.63) is 12.7 Å². The van der Waals surface area contributed by atoms with Gasteiger partial charge in [0, 0.05) is 0 Å². The minimum atomic E-state index is -0.457. The van der Waals surface area contributed by atoms with E-state index in [1.807, 2.05) is 0 Å². The number of hydrogen-bond acceptors (Lipinski definition) is 4. The van der Waals surface area contributed by atoms with Gasteiger partial charge >= 0.3 is 5.97 Å². The first-order valence-electron chi connectivity index (χ1n) is 3.67. The van der Waals surface area contributed by atoms with Crippen LogP contribution < -0.4 is 0 Å². The molecular formula is C8H13NO3. The molecule has 12 heavy (non-hydrogen) atoms. The smallest absolute Gasteiger partial charge is 0.355 e. The zero-order valence-electron chi connectivity index (χ0n) is 7.37. The highest BCUT2D eigenvalue weighted by atomic mass is 16.6. The minimum absolute atomic E-state index is 0.207. The van der Waals surface area contributed by atoms with Crippen molar-refractivity contribution in [1.82, 2.24) is 0 Å². The lowest BCUT2D eigenvalue weighted by Crippen LogP contribution is -2.14. The molecule has 0 N–H and O–H groups in total. The number of esters is 1. The Bertz CT molecular complexity index is 187. The zero-order chi connectivity index (χ0) is 9.40. The van der Waals surface area contributed by atoms with E-state index >= 15 is 0 Å². The van der Waals surface area contributed by atoms with Gasteiger partial charge in [0.1, 0.15) is 6.61 Å². The molecule has 4 heteroatoms. The fourth-order valence-corrected chi connectivity index (χ4v) is 0.460. The van der Waals surface area contributed by atoms with Gasteiger partial charge in [-0.3, -0.25) is 0 Å². The van der Waals surface area contributed by atoms with E-state index in [0.717, 1.165) is 0 Å². The van der Waals surface area contributed by atoms with Crippen LogP contribution in [0, 0.1) is 0 Å². The topological polar surface area (TPSA) is 47.9 Å². The SMILES string of the molecule is C=CCON=C(C)C(=O)OCC. The van der Waals surface area contributed by atoms with Gasteiger partial charge in [-0.1, -0.05) is 17.8 Å². The zero-order valence-corrected chi connectivity index (χ0v) is 7.37. The van der Waals surface area contributed by atoms with Crippen molar-refractivity contribution in [3.8, 4) is 0 Å². The second kappa shape index (κ2) is 6.39. The van der Waals surface area contributed by atoms with Crippen LogP contribution in [0.4, 0.5) is 0 Å². The molecule has 0 unspecified atom stereocenters. The maximum atomic E-state index is 10.9. The van der Waals surface area contributed by atoms with Crippen LogP contribution >= 0.6 is 0 Å². The van der Waals surface area contributed by atoms with E-state index < -0.39 is 5.97 Å². The molecule has 68 valence electrons. The van der Waals surface area contributed by atoms with Gasteiger partial charge in [0.2, 0.25) is 0 Å². The lowest BCUT2D eigenvalue weighted by Gasteiger charge is -1.99. The first-order chi connectivity index (χ1) is 5.72. The molecule has 0 aromatic carbocycles. The Morgan fingerprint density at radius 3 is 2.83 bits per heavy atom. The molecular weight excluding hydrogens is 158 g/mol. The summed E-state index contributed by atoms with van der Waals surface area (Å²) in [7, 11) is 0. The van der Waals surface area contributed by atoms with Crippen molar-refractivity contribution < 1.29 is 14.4 Å². The van der Waals surface area contributed by atoms with Crippen molar-refractivity contribution in [2.75, 3.05) is 13.2 Å². The number of carbonyl (C=O) groups is 1. The van der Waals surface area contributed by atoms with E-state index in [-0.39, 0.29) is 12.3 Å². The molecule has 0 rings (SSSR count). The number of hydrogen-bond donors (Lipinski definition) is 0. The van der Waals surface area contributed by atoms with Crippen LogP contribution in [0.2, 0.25) is 0 Å². The third kappa shape index (κ3) is 4.49. The number of nitrogens with zero attached hydrogens (tertiary/aromatic N) is 1. The summed E-state index contributed by atoms with van der Waals surface area (Å²) >= 11 is 0. The number of ether oxygens (including phenoxy) is 1. The molecule has 0 bridgehead atoms. The second-order valence-corrected chi connectivity index (χ2v) is 1.98. The summed E-state index contributed by atoms with van der Waals surface area (Å²) in [5, 5.41) is 3.50. The van der Waals surface area contributed by atoms with Crippen LogP contribution in [0.5, 0.6) is 0 Å². The molecule has 0 aromatic rings. The van der Waals surface area contributed by atoms with E-state index in [1.54, 1.807) is 13.0 Å². The van der Waals surface area contributed by atoms with Gasteiger partial charge in [0.15, 0.2) is 5.71 Å². The van der Waals surface area contributed by atoms with Gasteiger partial charge in [-0.2, -0.15) is 0 Å². The molecule has 0 spiro atoms. The van der Waals surface area contributed by atoms with Crippen molar-refractivity contribution in [1.29, 1.82) is 0 Å². The van der Waals surface area contributed by atoms with E-state index in [4.69, 9.17) is 0 Å². The molecule has 0 aliphatic rings. The van der Waals surface area contributed by atoms with Gasteiger partial charge in [0.05, 0.1) is 6.61 Å². The highest BCUT2D eigenvalue weighted by Gasteiger charge is 2.05. The van der Waals surface area contributed by atoms with Gasteiger partial charge in [-0.25, -0.2) is 4.79 Å². The minimum Gasteiger partial charge on any atom is -0.461 e. The van der Waals surface area contributed by atoms with Gasteiger partial charge < -0.3 is 9.57 Å². The number of carbonyl (C=O) groups excluding carboxylic acids is 1. The number of rotatable bonds is 5. The molecule has 0 amide bonds. The largest absolute Gasteiger partial charge is 0.461 e. The van der Waals surface area contributed by atoms with Crippen LogP contribution in [0.1, 0.15) is 13.8 Å². The van der Waals surface area contributed by atoms with Crippen molar-refractivity contribution >= 4 is 11.7 Å². The maximum Gasteiger partial charge on any atom is 0.355 e. The first-order valence-corrected chi connectivity index (χ1v) is 3.67. The summed E-state index contributed by atoms with van der Waals surface area (Å²) < 4.78 is 4.66. The highest BCUT2D eigenvalue weighted by Crippen LogP contribution is 1.86. The lowest BCUT2D eigenvalue weighted by atomic mass is 10.4. The average molecular weight is 171 g/mol. The standard InChI is InChI=1S/C8H13NO3/c1-4-6-12-9-7(3)8(10)11-5-2/h4H,1,5-6H2,2-3H3. The molecule has 0 aromatic heterocycles. The lowest BCUT2D eigenvalue weighted by molar-refractivity contribution is -0.135. The van der Waals surface area contributed by atoms with Crippen LogP contribution in [0.15, 0.2) is 17.8 Å². The maximum absolute atomic E-state index is 10.9. The van der Waals surface area contributed by atoms with E-state index in [2.05, 4.69) is 21.3 Å². The fourth-order valence-electron chi connectivity index (χ4n) is 0.460. The predicted molar refractivity (Wildman–Crippen MR) is 45.9 cm³/mol. The Hall–Kier alpha value is -1.32. The molecule has 0 aliphatic carbocycles. The van der Waals surface area contributed by atoms with E-state index in [0.29, 0.717) is 6.61 Å². The van der Waals surface area contributed by atoms with Crippen molar-refractivity contribution in [3.63, 3.8) is 0 Å². The summed E-state index contributed by atoms with van der Waals surface area (Å²) in [5.74, 6) is -0.457. The third-order valence-electron chi connectivity index (χ3n) is 0.965. The van der Waals surface area contributed by atoms with Gasteiger partial charge in [-0.15, -0.1) is 0 Å².